The zero-order valence-corrected chi connectivity index (χ0v) is 18.3. The largest absolute Gasteiger partial charge is 0.491 e. The van der Waals surface area contributed by atoms with Crippen LogP contribution in [0.3, 0.4) is 0 Å². The third-order valence-corrected chi connectivity index (χ3v) is 6.43. The van der Waals surface area contributed by atoms with Crippen LogP contribution in [0.25, 0.3) is 10.2 Å². The molecule has 7 heteroatoms. The number of aryl methyl sites for hydroxylation is 3. The van der Waals surface area contributed by atoms with Crippen molar-refractivity contribution in [2.24, 2.45) is 0 Å². The third-order valence-electron chi connectivity index (χ3n) is 4.91. The number of aromatic nitrogens is 2. The van der Waals surface area contributed by atoms with Crippen LogP contribution in [-0.4, -0.2) is 27.4 Å². The number of ether oxygens (including phenoxy) is 1. The van der Waals surface area contributed by atoms with Crippen molar-refractivity contribution in [1.82, 2.24) is 9.55 Å². The highest BCUT2D eigenvalue weighted by Crippen LogP contribution is 2.32. The molecule has 150 valence electrons. The number of aliphatic hydroxyl groups excluding tert-OH is 1. The first kappa shape index (κ1) is 20.8. The number of thiophene rings is 1. The molecule has 1 N–H and O–H groups in total. The van der Waals surface area contributed by atoms with Crippen LogP contribution in [-0.2, 0) is 6.54 Å². The van der Waals surface area contributed by atoms with Gasteiger partial charge in [0, 0.05) is 9.90 Å². The van der Waals surface area contributed by atoms with E-state index in [-0.39, 0.29) is 24.6 Å². The van der Waals surface area contributed by atoms with Gasteiger partial charge in [-0.1, -0.05) is 25.4 Å². The van der Waals surface area contributed by atoms with Gasteiger partial charge in [-0.2, -0.15) is 0 Å². The van der Waals surface area contributed by atoms with E-state index in [2.05, 4.69) is 18.8 Å². The normalized spacial score (nSPS) is 12.7. The van der Waals surface area contributed by atoms with Gasteiger partial charge in [0.1, 0.15) is 23.3 Å². The molecule has 0 aliphatic rings. The highest BCUT2D eigenvalue weighted by atomic mass is 35.5. The summed E-state index contributed by atoms with van der Waals surface area (Å²) in [5.74, 6) is 0.949. The van der Waals surface area contributed by atoms with E-state index in [0.717, 1.165) is 26.4 Å². The van der Waals surface area contributed by atoms with Crippen LogP contribution in [0.5, 0.6) is 5.75 Å². The molecule has 0 unspecified atom stereocenters. The van der Waals surface area contributed by atoms with E-state index >= 15 is 0 Å². The standard InChI is InChI=1S/C21H25ClN2O3S/c1-11(2)16-7-17(22)12(3)6-18(16)27-9-15(25)8-24-10-23-20-19(21(24)26)13(4)14(5)28-20/h6-7,10-11,15,25H,8-9H2,1-5H3/t15-/m0/s1. The second-order valence-corrected chi connectivity index (χ2v) is 9.03. The van der Waals surface area contributed by atoms with Gasteiger partial charge in [0.25, 0.3) is 5.56 Å². The van der Waals surface area contributed by atoms with Crippen LogP contribution in [0.15, 0.2) is 23.3 Å². The SMILES string of the molecule is Cc1cc(OC[C@@H](O)Cn2cnc3sc(C)c(C)c3c2=O)c(C(C)C)cc1Cl. The van der Waals surface area contributed by atoms with Crippen molar-refractivity contribution >= 4 is 33.2 Å². The van der Waals surface area contributed by atoms with Gasteiger partial charge in [0.05, 0.1) is 18.3 Å². The van der Waals surface area contributed by atoms with Crippen LogP contribution >= 0.6 is 22.9 Å². The molecule has 0 saturated carbocycles. The van der Waals surface area contributed by atoms with E-state index in [1.807, 2.05) is 32.9 Å². The number of halogens is 1. The second kappa shape index (κ2) is 8.23. The summed E-state index contributed by atoms with van der Waals surface area (Å²) < 4.78 is 7.33. The lowest BCUT2D eigenvalue weighted by Gasteiger charge is -2.18. The molecule has 5 nitrogen and oxygen atoms in total. The minimum absolute atomic E-state index is 0.0763. The molecule has 3 aromatic rings. The Balaban J connectivity index is 1.77. The Labute approximate surface area is 173 Å². The summed E-state index contributed by atoms with van der Waals surface area (Å²) in [7, 11) is 0. The Morgan fingerprint density at radius 3 is 2.68 bits per heavy atom. The van der Waals surface area contributed by atoms with Crippen LogP contribution in [0.1, 0.15) is 41.3 Å². The fourth-order valence-electron chi connectivity index (χ4n) is 3.11. The molecule has 0 aliphatic carbocycles. The van der Waals surface area contributed by atoms with Crippen LogP contribution in [0, 0.1) is 20.8 Å². The molecule has 0 saturated heterocycles. The molecule has 0 spiro atoms. The summed E-state index contributed by atoms with van der Waals surface area (Å²) in [5, 5.41) is 11.8. The molecule has 0 radical (unpaired) electrons. The molecule has 2 aromatic heterocycles. The first-order valence-corrected chi connectivity index (χ1v) is 10.4. The zero-order valence-electron chi connectivity index (χ0n) is 16.7. The zero-order chi connectivity index (χ0) is 20.6. The first-order valence-electron chi connectivity index (χ1n) is 9.25. The van der Waals surface area contributed by atoms with E-state index < -0.39 is 6.10 Å². The summed E-state index contributed by atoms with van der Waals surface area (Å²) in [6, 6.07) is 3.80. The average Bonchev–Trinajstić information content (AvgIpc) is 2.92. The minimum atomic E-state index is -0.840. The lowest BCUT2D eigenvalue weighted by molar-refractivity contribution is 0.0908. The fraction of sp³-hybridized carbons (Fsp3) is 0.429. The third kappa shape index (κ3) is 4.09. The summed E-state index contributed by atoms with van der Waals surface area (Å²) in [4.78, 5) is 18.9. The van der Waals surface area contributed by atoms with E-state index in [0.29, 0.717) is 16.2 Å². The van der Waals surface area contributed by atoms with Crippen molar-refractivity contribution in [2.45, 2.75) is 53.2 Å². The Hall–Kier alpha value is -1.89. The number of fused-ring (bicyclic) bond motifs is 1. The van der Waals surface area contributed by atoms with Crippen LogP contribution in [0.4, 0.5) is 0 Å². The lowest BCUT2D eigenvalue weighted by atomic mass is 10.0. The van der Waals surface area contributed by atoms with E-state index in [4.69, 9.17) is 16.3 Å². The van der Waals surface area contributed by atoms with Crippen molar-refractivity contribution in [1.29, 1.82) is 0 Å². The van der Waals surface area contributed by atoms with Crippen molar-refractivity contribution in [2.75, 3.05) is 6.61 Å². The van der Waals surface area contributed by atoms with Gasteiger partial charge in [-0.25, -0.2) is 4.98 Å². The summed E-state index contributed by atoms with van der Waals surface area (Å²) in [6.45, 7) is 10.2. The Kier molecular flexibility index (Phi) is 6.12. The van der Waals surface area contributed by atoms with Crippen molar-refractivity contribution in [3.8, 4) is 5.75 Å². The Bertz CT molecular complexity index is 1070. The topological polar surface area (TPSA) is 64.3 Å². The number of hydrogen-bond acceptors (Lipinski definition) is 5. The Morgan fingerprint density at radius 2 is 2.00 bits per heavy atom. The number of nitrogens with zero attached hydrogens (tertiary/aromatic N) is 2. The maximum absolute atomic E-state index is 12.8. The van der Waals surface area contributed by atoms with Gasteiger partial charge in [0.15, 0.2) is 0 Å². The van der Waals surface area contributed by atoms with Gasteiger partial charge in [-0.15, -0.1) is 11.3 Å². The first-order chi connectivity index (χ1) is 13.2. The van der Waals surface area contributed by atoms with Crippen LogP contribution < -0.4 is 10.3 Å². The summed E-state index contributed by atoms with van der Waals surface area (Å²) >= 11 is 7.74. The van der Waals surface area contributed by atoms with E-state index in [1.54, 1.807) is 0 Å². The number of benzene rings is 1. The van der Waals surface area contributed by atoms with Gasteiger partial charge >= 0.3 is 0 Å². The summed E-state index contributed by atoms with van der Waals surface area (Å²) in [5.41, 5.74) is 2.74. The summed E-state index contributed by atoms with van der Waals surface area (Å²) in [6.07, 6.45) is 0.655. The van der Waals surface area contributed by atoms with E-state index in [1.165, 1.54) is 22.2 Å². The molecule has 2 heterocycles. The van der Waals surface area contributed by atoms with Crippen molar-refractivity contribution in [3.63, 3.8) is 0 Å². The molecular formula is C21H25ClN2O3S. The number of aliphatic hydroxyl groups is 1. The smallest absolute Gasteiger partial charge is 0.262 e. The maximum atomic E-state index is 12.8. The quantitative estimate of drug-likeness (QED) is 0.632. The molecule has 3 rings (SSSR count). The van der Waals surface area contributed by atoms with Gasteiger partial charge in [-0.3, -0.25) is 9.36 Å². The van der Waals surface area contributed by atoms with E-state index in [9.17, 15) is 9.90 Å². The van der Waals surface area contributed by atoms with Gasteiger partial charge < -0.3 is 9.84 Å². The highest BCUT2D eigenvalue weighted by molar-refractivity contribution is 7.18. The van der Waals surface area contributed by atoms with Gasteiger partial charge in [0.2, 0.25) is 0 Å². The molecular weight excluding hydrogens is 396 g/mol. The minimum Gasteiger partial charge on any atom is -0.491 e. The van der Waals surface area contributed by atoms with Crippen molar-refractivity contribution in [3.05, 3.63) is 55.4 Å². The average molecular weight is 421 g/mol. The maximum Gasteiger partial charge on any atom is 0.262 e. The molecule has 0 bridgehead atoms. The second-order valence-electron chi connectivity index (χ2n) is 7.42. The molecule has 1 aromatic carbocycles. The molecule has 0 fully saturated rings. The monoisotopic (exact) mass is 420 g/mol. The molecule has 0 amide bonds. The van der Waals surface area contributed by atoms with Crippen molar-refractivity contribution < 1.29 is 9.84 Å². The molecule has 1 atom stereocenters. The lowest BCUT2D eigenvalue weighted by Crippen LogP contribution is -2.30. The highest BCUT2D eigenvalue weighted by Gasteiger charge is 2.16. The Morgan fingerprint density at radius 1 is 1.29 bits per heavy atom. The molecule has 28 heavy (non-hydrogen) atoms. The fourth-order valence-corrected chi connectivity index (χ4v) is 4.27. The van der Waals surface area contributed by atoms with Crippen LogP contribution in [0.2, 0.25) is 5.02 Å². The predicted octanol–water partition coefficient (Wildman–Crippen LogP) is 4.60. The number of hydrogen-bond donors (Lipinski definition) is 1. The predicted molar refractivity (Wildman–Crippen MR) is 115 cm³/mol. The van der Waals surface area contributed by atoms with Gasteiger partial charge in [-0.05, 0) is 55.5 Å². The number of rotatable bonds is 6. The molecule has 0 aliphatic heterocycles.